The summed E-state index contributed by atoms with van der Waals surface area (Å²) < 4.78 is 2.80. The van der Waals surface area contributed by atoms with Crippen LogP contribution < -0.4 is 0 Å². The molecule has 1 heteroatoms. The second kappa shape index (κ2) is 13.8. The van der Waals surface area contributed by atoms with Crippen molar-refractivity contribution in [3.63, 3.8) is 0 Å². The lowest BCUT2D eigenvalue weighted by atomic mass is 9.98. The number of thiophene rings is 1. The fraction of sp³-hybridized carbons (Fsp3) is 0.312. The molecule has 1 aliphatic carbocycles. The van der Waals surface area contributed by atoms with E-state index in [1.807, 2.05) is 66.7 Å². The number of hydrogen-bond donors (Lipinski definition) is 0. The molecule has 0 saturated heterocycles. The van der Waals surface area contributed by atoms with Gasteiger partial charge in [0, 0.05) is 20.2 Å². The molecule has 0 aliphatic heterocycles. The molecule has 0 saturated carbocycles. The van der Waals surface area contributed by atoms with Gasteiger partial charge in [-0.25, -0.2) is 0 Å². The average Bonchev–Trinajstić information content (AvgIpc) is 3.47. The van der Waals surface area contributed by atoms with Gasteiger partial charge in [-0.2, -0.15) is 0 Å². The molecule has 1 aromatic heterocycles. The van der Waals surface area contributed by atoms with Gasteiger partial charge in [-0.05, 0) is 45.5 Å². The fourth-order valence-electron chi connectivity index (χ4n) is 4.22. The lowest BCUT2D eigenvalue weighted by Gasteiger charge is -2.07. The van der Waals surface area contributed by atoms with E-state index in [1.54, 1.807) is 0 Å². The molecule has 4 aromatic carbocycles. The van der Waals surface area contributed by atoms with E-state index in [1.165, 1.54) is 53.2 Å². The minimum absolute atomic E-state index is 0. The quantitative estimate of drug-likeness (QED) is 0.212. The predicted octanol–water partition coefficient (Wildman–Crippen LogP) is 11.5. The topological polar surface area (TPSA) is 0 Å². The maximum atomic E-state index is 2.33. The molecule has 176 valence electrons. The first-order chi connectivity index (χ1) is 15.9. The minimum Gasteiger partial charge on any atom is -0.135 e. The number of rotatable bonds is 0. The summed E-state index contributed by atoms with van der Waals surface area (Å²) in [5, 5.41) is 5.59. The van der Waals surface area contributed by atoms with Gasteiger partial charge in [0.05, 0.1) is 0 Å². The van der Waals surface area contributed by atoms with Gasteiger partial charge in [0.15, 0.2) is 0 Å². The molecule has 0 unspecified atom stereocenters. The van der Waals surface area contributed by atoms with Gasteiger partial charge in [-0.3, -0.25) is 0 Å². The molecule has 5 aromatic rings. The summed E-state index contributed by atoms with van der Waals surface area (Å²) in [4.78, 5) is 0. The Hall–Kier alpha value is -2.64. The van der Waals surface area contributed by atoms with Crippen LogP contribution in [0.5, 0.6) is 0 Å². The molecule has 0 atom stereocenters. The third-order valence-corrected chi connectivity index (χ3v) is 6.55. The van der Waals surface area contributed by atoms with Crippen molar-refractivity contribution in [1.29, 1.82) is 0 Å². The molecular weight excluding hydrogens is 416 g/mol. The molecule has 0 fully saturated rings. The summed E-state index contributed by atoms with van der Waals surface area (Å²) in [5.74, 6) is 0. The van der Waals surface area contributed by atoms with Crippen molar-refractivity contribution in [1.82, 2.24) is 0 Å². The Balaban J connectivity index is 0.000000553. The summed E-state index contributed by atoms with van der Waals surface area (Å²) in [6.07, 6.45) is 1.05. The van der Waals surface area contributed by atoms with E-state index in [2.05, 4.69) is 72.8 Å². The standard InChI is InChI=1S/C23H14S.4C2H6.CH4/c1-2-6-15-14(5-1)13-21-16(15)9-11-19-17(21)10-12-20-18-7-3-4-8-22(18)24-23(19)20;4*1-2;/h1-12H,13H2;4*1-2H3;1H4. The first-order valence-corrected chi connectivity index (χ1v) is 13.2. The second-order valence-corrected chi connectivity index (χ2v) is 7.61. The number of benzene rings is 4. The lowest BCUT2D eigenvalue weighted by molar-refractivity contribution is 1.28. The van der Waals surface area contributed by atoms with Crippen LogP contribution in [0.3, 0.4) is 0 Å². The Morgan fingerprint density at radius 1 is 0.515 bits per heavy atom. The summed E-state index contributed by atoms with van der Waals surface area (Å²) in [6, 6.07) is 26.9. The SMILES string of the molecule is C.CC.CC.CC.CC.c1ccc2c(c1)Cc1c-2ccc2c1ccc1c3ccccc3sc21. The monoisotopic (exact) mass is 458 g/mol. The molecule has 0 bridgehead atoms. The highest BCUT2D eigenvalue weighted by Gasteiger charge is 2.21. The third kappa shape index (κ3) is 5.14. The minimum atomic E-state index is 0. The Kier molecular flexibility index (Phi) is 11.9. The van der Waals surface area contributed by atoms with Gasteiger partial charge in [0.1, 0.15) is 0 Å². The molecule has 0 N–H and O–H groups in total. The van der Waals surface area contributed by atoms with Crippen LogP contribution in [0.2, 0.25) is 0 Å². The Bertz CT molecular complexity index is 1270. The third-order valence-electron chi connectivity index (χ3n) is 5.33. The zero-order chi connectivity index (χ0) is 23.7. The van der Waals surface area contributed by atoms with Gasteiger partial charge in [0.25, 0.3) is 0 Å². The van der Waals surface area contributed by atoms with Crippen molar-refractivity contribution in [2.24, 2.45) is 0 Å². The first kappa shape index (κ1) is 28.4. The lowest BCUT2D eigenvalue weighted by Crippen LogP contribution is -1.84. The van der Waals surface area contributed by atoms with Gasteiger partial charge >= 0.3 is 0 Å². The van der Waals surface area contributed by atoms with E-state index >= 15 is 0 Å². The van der Waals surface area contributed by atoms with Crippen LogP contribution in [0.4, 0.5) is 0 Å². The molecule has 0 nitrogen and oxygen atoms in total. The Morgan fingerprint density at radius 2 is 1.06 bits per heavy atom. The van der Waals surface area contributed by atoms with Crippen molar-refractivity contribution in [3.8, 4) is 11.1 Å². The van der Waals surface area contributed by atoms with E-state index in [0.717, 1.165) is 6.42 Å². The Morgan fingerprint density at radius 3 is 1.79 bits per heavy atom. The van der Waals surface area contributed by atoms with E-state index in [4.69, 9.17) is 0 Å². The largest absolute Gasteiger partial charge is 0.135 e. The van der Waals surface area contributed by atoms with Crippen LogP contribution in [-0.2, 0) is 6.42 Å². The summed E-state index contributed by atoms with van der Waals surface area (Å²) in [6.45, 7) is 16.0. The predicted molar refractivity (Wildman–Crippen MR) is 157 cm³/mol. The number of fused-ring (bicyclic) bond motifs is 9. The first-order valence-electron chi connectivity index (χ1n) is 12.3. The molecule has 6 rings (SSSR count). The zero-order valence-corrected chi connectivity index (χ0v) is 21.9. The number of hydrogen-bond acceptors (Lipinski definition) is 1. The maximum absolute atomic E-state index is 2.33. The van der Waals surface area contributed by atoms with Gasteiger partial charge in [-0.15, -0.1) is 11.3 Å². The van der Waals surface area contributed by atoms with Crippen LogP contribution in [0.25, 0.3) is 42.1 Å². The molecule has 0 radical (unpaired) electrons. The van der Waals surface area contributed by atoms with Gasteiger partial charge in [0.2, 0.25) is 0 Å². The zero-order valence-electron chi connectivity index (χ0n) is 21.0. The normalized spacial score (nSPS) is 10.1. The van der Waals surface area contributed by atoms with Crippen molar-refractivity contribution in [3.05, 3.63) is 83.9 Å². The van der Waals surface area contributed by atoms with Crippen LogP contribution in [0.1, 0.15) is 73.9 Å². The van der Waals surface area contributed by atoms with Crippen molar-refractivity contribution in [2.45, 2.75) is 69.2 Å². The molecule has 0 amide bonds. The van der Waals surface area contributed by atoms with Gasteiger partial charge in [-0.1, -0.05) is 130 Å². The van der Waals surface area contributed by atoms with Gasteiger partial charge < -0.3 is 0 Å². The summed E-state index contributed by atoms with van der Waals surface area (Å²) in [7, 11) is 0. The highest BCUT2D eigenvalue weighted by atomic mass is 32.1. The Labute approximate surface area is 206 Å². The van der Waals surface area contributed by atoms with Crippen molar-refractivity contribution >= 4 is 42.3 Å². The fourth-order valence-corrected chi connectivity index (χ4v) is 5.45. The molecule has 1 aliphatic rings. The summed E-state index contributed by atoms with van der Waals surface area (Å²) in [5.41, 5.74) is 5.77. The molecule has 0 spiro atoms. The maximum Gasteiger partial charge on any atom is 0.0433 e. The molecular formula is C32H42S. The van der Waals surface area contributed by atoms with E-state index in [-0.39, 0.29) is 7.43 Å². The van der Waals surface area contributed by atoms with Crippen molar-refractivity contribution < 1.29 is 0 Å². The van der Waals surface area contributed by atoms with Crippen molar-refractivity contribution in [2.75, 3.05) is 0 Å². The highest BCUT2D eigenvalue weighted by Crippen LogP contribution is 2.44. The van der Waals surface area contributed by atoms with Crippen LogP contribution in [0.15, 0.2) is 72.8 Å². The molecule has 1 heterocycles. The van der Waals surface area contributed by atoms with E-state index in [9.17, 15) is 0 Å². The smallest absolute Gasteiger partial charge is 0.0433 e. The van der Waals surface area contributed by atoms with E-state index in [0.29, 0.717) is 0 Å². The van der Waals surface area contributed by atoms with Crippen LogP contribution in [-0.4, -0.2) is 0 Å². The highest BCUT2D eigenvalue weighted by molar-refractivity contribution is 7.26. The average molecular weight is 459 g/mol. The van der Waals surface area contributed by atoms with E-state index < -0.39 is 0 Å². The molecule has 33 heavy (non-hydrogen) atoms. The van der Waals surface area contributed by atoms with Crippen LogP contribution in [0, 0.1) is 0 Å². The second-order valence-electron chi connectivity index (χ2n) is 6.56. The van der Waals surface area contributed by atoms with Crippen LogP contribution >= 0.6 is 11.3 Å². The summed E-state index contributed by atoms with van der Waals surface area (Å²) >= 11 is 1.92.